The highest BCUT2D eigenvalue weighted by atomic mass is 16.5. The Hall–Kier alpha value is -1.62. The predicted molar refractivity (Wildman–Crippen MR) is 75.9 cm³/mol. The Labute approximate surface area is 119 Å². The number of amides is 1. The first-order chi connectivity index (χ1) is 9.72. The van der Waals surface area contributed by atoms with Crippen LogP contribution in [0.3, 0.4) is 0 Å². The van der Waals surface area contributed by atoms with Crippen molar-refractivity contribution in [1.29, 1.82) is 0 Å². The van der Waals surface area contributed by atoms with E-state index in [4.69, 9.17) is 4.74 Å². The largest absolute Gasteiger partial charge is 0.494 e. The fraction of sp³-hybridized carbons (Fsp3) is 0.600. The molecule has 0 aromatic carbocycles. The molecule has 5 nitrogen and oxygen atoms in total. The summed E-state index contributed by atoms with van der Waals surface area (Å²) >= 11 is 0. The Morgan fingerprint density at radius 1 is 1.55 bits per heavy atom. The molecule has 0 radical (unpaired) electrons. The van der Waals surface area contributed by atoms with E-state index in [1.54, 1.807) is 25.6 Å². The second kappa shape index (κ2) is 5.40. The third-order valence-corrected chi connectivity index (χ3v) is 4.52. The first-order valence-corrected chi connectivity index (χ1v) is 7.26. The predicted octanol–water partition coefficient (Wildman–Crippen LogP) is 1.49. The van der Waals surface area contributed by atoms with Gasteiger partial charge in [-0.15, -0.1) is 0 Å². The lowest BCUT2D eigenvalue weighted by Crippen LogP contribution is -2.59. The molecule has 2 N–H and O–H groups in total. The van der Waals surface area contributed by atoms with E-state index in [-0.39, 0.29) is 11.9 Å². The zero-order valence-corrected chi connectivity index (χ0v) is 11.8. The number of methoxy groups -OCH3 is 1. The number of piperidine rings is 1. The Morgan fingerprint density at radius 3 is 3.10 bits per heavy atom. The standard InChI is InChI=1S/C15H21N3O2/c1-20-13-10-16-7-4-12(13)14(19)18-11-3-8-17-15(9-11)5-2-6-15/h4,7,10-11,17H,2-3,5-6,8-9H2,1H3,(H,18,19). The highest BCUT2D eigenvalue weighted by molar-refractivity contribution is 5.96. The van der Waals surface area contributed by atoms with Gasteiger partial charge in [0.25, 0.3) is 5.91 Å². The van der Waals surface area contributed by atoms with Gasteiger partial charge < -0.3 is 15.4 Å². The van der Waals surface area contributed by atoms with Crippen molar-refractivity contribution in [2.45, 2.75) is 43.7 Å². The van der Waals surface area contributed by atoms with Crippen LogP contribution < -0.4 is 15.4 Å². The number of nitrogens with zero attached hydrogens (tertiary/aromatic N) is 1. The average molecular weight is 275 g/mol. The number of aromatic nitrogens is 1. The molecule has 1 amide bonds. The van der Waals surface area contributed by atoms with E-state index in [0.717, 1.165) is 19.4 Å². The van der Waals surface area contributed by atoms with Gasteiger partial charge in [-0.05, 0) is 44.7 Å². The molecule has 2 aliphatic rings. The number of rotatable bonds is 3. The van der Waals surface area contributed by atoms with Crippen LogP contribution in [0.15, 0.2) is 18.5 Å². The van der Waals surface area contributed by atoms with Crippen LogP contribution in [0.1, 0.15) is 42.5 Å². The summed E-state index contributed by atoms with van der Waals surface area (Å²) in [4.78, 5) is 16.3. The first kappa shape index (κ1) is 13.4. The number of carbonyl (C=O) groups excluding carboxylic acids is 1. The summed E-state index contributed by atoms with van der Waals surface area (Å²) in [5.41, 5.74) is 0.849. The highest BCUT2D eigenvalue weighted by Gasteiger charge is 2.41. The fourth-order valence-corrected chi connectivity index (χ4v) is 3.26. The van der Waals surface area contributed by atoms with Crippen molar-refractivity contribution in [3.8, 4) is 5.75 Å². The zero-order chi connectivity index (χ0) is 14.0. The van der Waals surface area contributed by atoms with Gasteiger partial charge in [-0.25, -0.2) is 0 Å². The monoisotopic (exact) mass is 275 g/mol. The van der Waals surface area contributed by atoms with Crippen LogP contribution in [0.4, 0.5) is 0 Å². The van der Waals surface area contributed by atoms with Crippen LogP contribution in [0.2, 0.25) is 0 Å². The molecular formula is C15H21N3O2. The molecule has 2 heterocycles. The third-order valence-electron chi connectivity index (χ3n) is 4.52. The van der Waals surface area contributed by atoms with Crippen LogP contribution in [0.5, 0.6) is 5.75 Å². The summed E-state index contributed by atoms with van der Waals surface area (Å²) in [7, 11) is 1.56. The third kappa shape index (κ3) is 2.50. The lowest BCUT2D eigenvalue weighted by molar-refractivity contribution is 0.0850. The number of hydrogen-bond donors (Lipinski definition) is 2. The van der Waals surface area contributed by atoms with Gasteiger partial charge in [-0.1, -0.05) is 0 Å². The van der Waals surface area contributed by atoms with Crippen LogP contribution in [-0.2, 0) is 0 Å². The molecule has 1 aliphatic heterocycles. The maximum Gasteiger partial charge on any atom is 0.255 e. The van der Waals surface area contributed by atoms with Gasteiger partial charge in [0.05, 0.1) is 18.9 Å². The molecular weight excluding hydrogens is 254 g/mol. The average Bonchev–Trinajstić information content (AvgIpc) is 2.46. The van der Waals surface area contributed by atoms with E-state index < -0.39 is 0 Å². The van der Waals surface area contributed by atoms with Crippen LogP contribution in [0.25, 0.3) is 0 Å². The maximum atomic E-state index is 12.4. The second-order valence-corrected chi connectivity index (χ2v) is 5.80. The van der Waals surface area contributed by atoms with E-state index in [1.165, 1.54) is 19.3 Å². The number of nitrogens with one attached hydrogen (secondary N) is 2. The topological polar surface area (TPSA) is 63.2 Å². The molecule has 1 spiro atoms. The summed E-state index contributed by atoms with van der Waals surface area (Å²) in [6.45, 7) is 0.985. The quantitative estimate of drug-likeness (QED) is 0.877. The molecule has 0 bridgehead atoms. The van der Waals surface area contributed by atoms with Crippen LogP contribution in [0, 0.1) is 0 Å². The molecule has 1 aromatic heterocycles. The minimum atomic E-state index is -0.0642. The van der Waals surface area contributed by atoms with Crippen molar-refractivity contribution in [2.24, 2.45) is 0 Å². The molecule has 1 atom stereocenters. The molecule has 1 saturated heterocycles. The normalized spacial score (nSPS) is 23.9. The number of pyridine rings is 1. The van der Waals surface area contributed by atoms with Gasteiger partial charge in [0.15, 0.2) is 0 Å². The summed E-state index contributed by atoms with van der Waals surface area (Å²) < 4.78 is 5.19. The molecule has 108 valence electrons. The molecule has 20 heavy (non-hydrogen) atoms. The van der Waals surface area contributed by atoms with Gasteiger partial charge >= 0.3 is 0 Å². The van der Waals surface area contributed by atoms with E-state index >= 15 is 0 Å². The molecule has 1 saturated carbocycles. The summed E-state index contributed by atoms with van der Waals surface area (Å²) in [5, 5.41) is 6.76. The molecule has 3 rings (SSSR count). The van der Waals surface area contributed by atoms with Crippen molar-refractivity contribution in [2.75, 3.05) is 13.7 Å². The first-order valence-electron chi connectivity index (χ1n) is 7.26. The van der Waals surface area contributed by atoms with E-state index in [0.29, 0.717) is 16.9 Å². The van der Waals surface area contributed by atoms with Crippen molar-refractivity contribution >= 4 is 5.91 Å². The lowest BCUT2D eigenvalue weighted by Gasteiger charge is -2.48. The van der Waals surface area contributed by atoms with Crippen molar-refractivity contribution in [3.05, 3.63) is 24.0 Å². The number of ether oxygens (including phenoxy) is 1. The number of carbonyl (C=O) groups is 1. The van der Waals surface area contributed by atoms with E-state index in [1.807, 2.05) is 0 Å². The Balaban J connectivity index is 1.66. The molecule has 5 heteroatoms. The van der Waals surface area contributed by atoms with Crippen LogP contribution >= 0.6 is 0 Å². The van der Waals surface area contributed by atoms with Crippen molar-refractivity contribution in [1.82, 2.24) is 15.6 Å². The lowest BCUT2D eigenvalue weighted by atomic mass is 9.70. The minimum absolute atomic E-state index is 0.0642. The van der Waals surface area contributed by atoms with Gasteiger partial charge in [0, 0.05) is 17.8 Å². The Morgan fingerprint density at radius 2 is 2.40 bits per heavy atom. The molecule has 1 aliphatic carbocycles. The zero-order valence-electron chi connectivity index (χ0n) is 11.8. The van der Waals surface area contributed by atoms with Crippen molar-refractivity contribution < 1.29 is 9.53 Å². The van der Waals surface area contributed by atoms with Crippen LogP contribution in [-0.4, -0.2) is 36.1 Å². The maximum absolute atomic E-state index is 12.4. The highest BCUT2D eigenvalue weighted by Crippen LogP contribution is 2.38. The summed E-state index contributed by atoms with van der Waals surface area (Å²) in [6, 6.07) is 1.95. The van der Waals surface area contributed by atoms with Gasteiger partial charge in [-0.2, -0.15) is 0 Å². The van der Waals surface area contributed by atoms with Gasteiger partial charge in [-0.3, -0.25) is 9.78 Å². The summed E-state index contributed by atoms with van der Waals surface area (Å²) in [5.74, 6) is 0.461. The van der Waals surface area contributed by atoms with E-state index in [9.17, 15) is 4.79 Å². The SMILES string of the molecule is COc1cnccc1C(=O)NC1CCNC2(CCC2)C1. The molecule has 1 aromatic rings. The Bertz CT molecular complexity index is 500. The Kier molecular flexibility index (Phi) is 3.61. The van der Waals surface area contributed by atoms with Crippen molar-refractivity contribution in [3.63, 3.8) is 0 Å². The molecule has 1 unspecified atom stereocenters. The minimum Gasteiger partial charge on any atom is -0.494 e. The van der Waals surface area contributed by atoms with Gasteiger partial charge in [0.1, 0.15) is 5.75 Å². The fourth-order valence-electron chi connectivity index (χ4n) is 3.26. The van der Waals surface area contributed by atoms with Gasteiger partial charge in [0.2, 0.25) is 0 Å². The summed E-state index contributed by atoms with van der Waals surface area (Å²) in [6.07, 6.45) is 8.98. The van der Waals surface area contributed by atoms with E-state index in [2.05, 4.69) is 15.6 Å². The second-order valence-electron chi connectivity index (χ2n) is 5.80. The smallest absolute Gasteiger partial charge is 0.255 e. The number of hydrogen-bond acceptors (Lipinski definition) is 4. The molecule has 2 fully saturated rings.